The van der Waals surface area contributed by atoms with E-state index in [9.17, 15) is 0 Å². The Kier molecular flexibility index (Phi) is 9.54. The molecule has 2 heteroatoms. The fourth-order valence-corrected chi connectivity index (χ4v) is 3.59. The Balaban J connectivity index is 2.32. The second kappa shape index (κ2) is 10.7. The molecule has 1 fully saturated rings. The maximum absolute atomic E-state index is 5.86. The van der Waals surface area contributed by atoms with E-state index in [0.717, 1.165) is 5.92 Å². The summed E-state index contributed by atoms with van der Waals surface area (Å²) in [6.07, 6.45) is 15.5. The van der Waals surface area contributed by atoms with Crippen molar-refractivity contribution in [3.63, 3.8) is 0 Å². The Hall–Kier alpha value is -0.0800. The van der Waals surface area contributed by atoms with Gasteiger partial charge in [-0.1, -0.05) is 58.3 Å². The highest BCUT2D eigenvalue weighted by atomic mass is 16.5. The van der Waals surface area contributed by atoms with E-state index in [2.05, 4.69) is 19.3 Å². The van der Waals surface area contributed by atoms with Gasteiger partial charge in [-0.05, 0) is 32.2 Å². The monoisotopic (exact) mass is 269 g/mol. The summed E-state index contributed by atoms with van der Waals surface area (Å²) in [5.41, 5.74) is 0. The van der Waals surface area contributed by atoms with E-state index in [4.69, 9.17) is 4.74 Å². The molecule has 2 atom stereocenters. The average Bonchev–Trinajstić information content (AvgIpc) is 2.47. The number of hydrogen-bond acceptors (Lipinski definition) is 2. The number of hydrogen-bond donors (Lipinski definition) is 1. The Morgan fingerprint density at radius 2 is 1.74 bits per heavy atom. The van der Waals surface area contributed by atoms with Crippen LogP contribution in [0.1, 0.15) is 77.6 Å². The van der Waals surface area contributed by atoms with Gasteiger partial charge in [0.25, 0.3) is 0 Å². The zero-order valence-corrected chi connectivity index (χ0v) is 13.4. The second-order valence-corrected chi connectivity index (χ2v) is 6.20. The van der Waals surface area contributed by atoms with Crippen LogP contribution in [0.15, 0.2) is 0 Å². The third-order valence-electron chi connectivity index (χ3n) is 4.77. The van der Waals surface area contributed by atoms with Crippen molar-refractivity contribution in [2.45, 2.75) is 89.7 Å². The van der Waals surface area contributed by atoms with Crippen molar-refractivity contribution in [3.05, 3.63) is 0 Å². The fourth-order valence-electron chi connectivity index (χ4n) is 3.59. The molecule has 0 aromatic heterocycles. The highest BCUT2D eigenvalue weighted by Gasteiger charge is 2.29. The van der Waals surface area contributed by atoms with E-state index in [-0.39, 0.29) is 0 Å². The molecule has 0 bridgehead atoms. The first-order valence-corrected chi connectivity index (χ1v) is 8.53. The van der Waals surface area contributed by atoms with Crippen LogP contribution in [0.25, 0.3) is 0 Å². The van der Waals surface area contributed by atoms with Crippen molar-refractivity contribution in [2.75, 3.05) is 14.2 Å². The zero-order valence-electron chi connectivity index (χ0n) is 13.4. The largest absolute Gasteiger partial charge is 0.380 e. The minimum atomic E-state index is 0.427. The van der Waals surface area contributed by atoms with Crippen LogP contribution >= 0.6 is 0 Å². The lowest BCUT2D eigenvalue weighted by molar-refractivity contribution is 0.00739. The van der Waals surface area contributed by atoms with Crippen LogP contribution in [0.3, 0.4) is 0 Å². The van der Waals surface area contributed by atoms with Crippen LogP contribution in [-0.2, 0) is 4.74 Å². The topological polar surface area (TPSA) is 21.3 Å². The molecule has 0 saturated heterocycles. The van der Waals surface area contributed by atoms with Gasteiger partial charge < -0.3 is 10.1 Å². The number of nitrogens with one attached hydrogen (secondary N) is 1. The first-order chi connectivity index (χ1) is 9.33. The van der Waals surface area contributed by atoms with Gasteiger partial charge in [0.1, 0.15) is 0 Å². The number of methoxy groups -OCH3 is 1. The van der Waals surface area contributed by atoms with E-state index < -0.39 is 0 Å². The molecule has 114 valence electrons. The lowest BCUT2D eigenvalue weighted by atomic mass is 9.81. The molecule has 0 aromatic rings. The molecule has 1 aliphatic rings. The van der Waals surface area contributed by atoms with Crippen LogP contribution in [0, 0.1) is 5.92 Å². The van der Waals surface area contributed by atoms with Gasteiger partial charge in [0, 0.05) is 13.2 Å². The van der Waals surface area contributed by atoms with Crippen molar-refractivity contribution >= 4 is 0 Å². The van der Waals surface area contributed by atoms with Gasteiger partial charge in [-0.25, -0.2) is 0 Å². The second-order valence-electron chi connectivity index (χ2n) is 6.20. The molecular weight excluding hydrogens is 234 g/mol. The molecule has 0 radical (unpaired) electrons. The van der Waals surface area contributed by atoms with Crippen molar-refractivity contribution < 1.29 is 4.74 Å². The van der Waals surface area contributed by atoms with Crippen LogP contribution in [0.5, 0.6) is 0 Å². The lowest BCUT2D eigenvalue weighted by Gasteiger charge is -2.35. The number of likely N-dealkylation sites (N-methyl/N-ethyl adjacent to an activating group) is 1. The smallest absolute Gasteiger partial charge is 0.0752 e. The van der Waals surface area contributed by atoms with Gasteiger partial charge in [0.15, 0.2) is 0 Å². The summed E-state index contributed by atoms with van der Waals surface area (Å²) in [6, 6.07) is 0.551. The Bertz CT molecular complexity index is 201. The van der Waals surface area contributed by atoms with E-state index in [1.165, 1.54) is 70.6 Å². The molecule has 0 spiro atoms. The SMILES string of the molecule is CCCCCCCC(NC)C(OC)C1CCCCC1. The van der Waals surface area contributed by atoms with E-state index in [0.29, 0.717) is 12.1 Å². The van der Waals surface area contributed by atoms with Crippen LogP contribution in [0.4, 0.5) is 0 Å². The molecule has 0 heterocycles. The maximum Gasteiger partial charge on any atom is 0.0752 e. The van der Waals surface area contributed by atoms with Gasteiger partial charge in [-0.15, -0.1) is 0 Å². The molecule has 1 aliphatic carbocycles. The summed E-state index contributed by atoms with van der Waals surface area (Å²) in [5, 5.41) is 3.52. The molecule has 1 N–H and O–H groups in total. The number of ether oxygens (including phenoxy) is 1. The van der Waals surface area contributed by atoms with Crippen LogP contribution in [-0.4, -0.2) is 26.3 Å². The summed E-state index contributed by atoms with van der Waals surface area (Å²) < 4.78 is 5.86. The minimum absolute atomic E-state index is 0.427. The molecule has 0 aliphatic heterocycles. The number of unbranched alkanes of at least 4 members (excludes halogenated alkanes) is 4. The summed E-state index contributed by atoms with van der Waals surface area (Å²) in [6.45, 7) is 2.28. The Morgan fingerprint density at radius 1 is 1.05 bits per heavy atom. The third kappa shape index (κ3) is 6.27. The van der Waals surface area contributed by atoms with Crippen molar-refractivity contribution in [3.8, 4) is 0 Å². The fraction of sp³-hybridized carbons (Fsp3) is 1.00. The highest BCUT2D eigenvalue weighted by Crippen LogP contribution is 2.30. The predicted molar refractivity (Wildman–Crippen MR) is 83.6 cm³/mol. The van der Waals surface area contributed by atoms with E-state index in [1.807, 2.05) is 7.11 Å². The molecule has 1 saturated carbocycles. The quantitative estimate of drug-likeness (QED) is 0.588. The molecule has 2 unspecified atom stereocenters. The summed E-state index contributed by atoms with van der Waals surface area (Å²) in [4.78, 5) is 0. The standard InChI is InChI=1S/C17H35NO/c1-4-5-6-7-11-14-16(18-2)17(19-3)15-12-9-8-10-13-15/h15-18H,4-14H2,1-3H3. The molecule has 19 heavy (non-hydrogen) atoms. The van der Waals surface area contributed by atoms with Gasteiger partial charge in [-0.2, -0.15) is 0 Å². The first kappa shape index (κ1) is 17.0. The molecular formula is C17H35NO. The zero-order chi connectivity index (χ0) is 13.9. The van der Waals surface area contributed by atoms with Crippen LogP contribution in [0.2, 0.25) is 0 Å². The van der Waals surface area contributed by atoms with Crippen molar-refractivity contribution in [1.29, 1.82) is 0 Å². The van der Waals surface area contributed by atoms with Crippen molar-refractivity contribution in [2.24, 2.45) is 5.92 Å². The average molecular weight is 269 g/mol. The summed E-state index contributed by atoms with van der Waals surface area (Å²) in [7, 11) is 4.01. The van der Waals surface area contributed by atoms with Crippen LogP contribution < -0.4 is 5.32 Å². The molecule has 1 rings (SSSR count). The van der Waals surface area contributed by atoms with Gasteiger partial charge in [0.05, 0.1) is 6.10 Å². The van der Waals surface area contributed by atoms with Gasteiger partial charge in [0.2, 0.25) is 0 Å². The first-order valence-electron chi connectivity index (χ1n) is 8.53. The normalized spacial score (nSPS) is 20.4. The number of rotatable bonds is 10. The van der Waals surface area contributed by atoms with Crippen molar-refractivity contribution in [1.82, 2.24) is 5.32 Å². The van der Waals surface area contributed by atoms with Gasteiger partial charge in [-0.3, -0.25) is 0 Å². The van der Waals surface area contributed by atoms with E-state index in [1.54, 1.807) is 0 Å². The minimum Gasteiger partial charge on any atom is -0.380 e. The molecule has 2 nitrogen and oxygen atoms in total. The van der Waals surface area contributed by atoms with E-state index >= 15 is 0 Å². The maximum atomic E-state index is 5.86. The molecule has 0 amide bonds. The Labute approximate surface area is 120 Å². The molecule has 0 aromatic carbocycles. The highest BCUT2D eigenvalue weighted by molar-refractivity contribution is 4.84. The lowest BCUT2D eigenvalue weighted by Crippen LogP contribution is -2.44. The summed E-state index contributed by atoms with van der Waals surface area (Å²) in [5.74, 6) is 0.784. The summed E-state index contributed by atoms with van der Waals surface area (Å²) >= 11 is 0. The van der Waals surface area contributed by atoms with Gasteiger partial charge >= 0.3 is 0 Å². The predicted octanol–water partition coefficient (Wildman–Crippen LogP) is 4.53. The third-order valence-corrected chi connectivity index (χ3v) is 4.77. The Morgan fingerprint density at radius 3 is 2.32 bits per heavy atom.